The third kappa shape index (κ3) is 7.53. The molecule has 1 aromatic carbocycles. The third-order valence-electron chi connectivity index (χ3n) is 7.42. The lowest BCUT2D eigenvalue weighted by Crippen LogP contribution is -2.41. The number of carbonyl (C=O) groups is 3. The molecule has 2 atom stereocenters. The number of fused-ring (bicyclic) bond motifs is 15. The smallest absolute Gasteiger partial charge is 0.259 e. The Bertz CT molecular complexity index is 1180. The molecule has 2 aromatic rings. The zero-order chi connectivity index (χ0) is 28.5. The number of hydrogen-bond donors (Lipinski definition) is 3. The van der Waals surface area contributed by atoms with Crippen molar-refractivity contribution < 1.29 is 28.4 Å². The molecule has 1 saturated heterocycles. The van der Waals surface area contributed by atoms with Crippen molar-refractivity contribution in [2.75, 3.05) is 39.8 Å². The van der Waals surface area contributed by atoms with Crippen molar-refractivity contribution in [1.82, 2.24) is 26.0 Å². The number of benzene rings is 1. The van der Waals surface area contributed by atoms with Gasteiger partial charge in [-0.15, -0.1) is 0 Å². The van der Waals surface area contributed by atoms with Gasteiger partial charge in [0.2, 0.25) is 11.8 Å². The van der Waals surface area contributed by atoms with Crippen molar-refractivity contribution in [3.8, 4) is 11.5 Å². The van der Waals surface area contributed by atoms with Gasteiger partial charge in [0.15, 0.2) is 11.5 Å². The van der Waals surface area contributed by atoms with E-state index in [-0.39, 0.29) is 29.9 Å². The average Bonchev–Trinajstić information content (AvgIpc) is 3.58. The molecule has 3 aliphatic heterocycles. The van der Waals surface area contributed by atoms with Gasteiger partial charge in [-0.1, -0.05) is 18.1 Å². The summed E-state index contributed by atoms with van der Waals surface area (Å²) in [6, 6.07) is 5.36. The zero-order valence-electron chi connectivity index (χ0n) is 23.7. The number of amides is 3. The van der Waals surface area contributed by atoms with E-state index in [2.05, 4.69) is 21.1 Å². The first-order chi connectivity index (χ1) is 19.4. The first-order valence-corrected chi connectivity index (χ1v) is 14.2. The number of methoxy groups -OCH3 is 1. The highest BCUT2D eigenvalue weighted by Crippen LogP contribution is 2.30. The van der Waals surface area contributed by atoms with Gasteiger partial charge in [0.05, 0.1) is 18.8 Å². The SMILES string of the molecule is CCc1noc(C)c1C(=O)N1CCCCNC(=O)[C@@H]2C[C@@H](CN2)Oc2ccc(cc2OC)CCC(=O)NCCC1. The Morgan fingerprint density at radius 2 is 1.93 bits per heavy atom. The van der Waals surface area contributed by atoms with Gasteiger partial charge < -0.3 is 34.8 Å². The molecule has 4 bridgehead atoms. The van der Waals surface area contributed by atoms with Crippen LogP contribution in [0.25, 0.3) is 0 Å². The number of aromatic nitrogens is 1. The van der Waals surface area contributed by atoms with E-state index in [0.717, 1.165) is 18.4 Å². The standard InChI is InChI=1S/C29H41N5O6/c1-4-22-27(19(2)40-33-22)29(37)34-14-6-5-12-31-28(36)23-17-21(18-32-23)39-24-10-8-20(16-25(24)38-3)9-11-26(35)30-13-7-15-34/h8,10,16,21,23,32H,4-7,9,11-15,17-18H2,1-3H3,(H,30,35)(H,31,36)/t21-,23-/m0/s1. The normalized spacial score (nSPS) is 21.5. The summed E-state index contributed by atoms with van der Waals surface area (Å²) in [5, 5.41) is 13.3. The minimum atomic E-state index is -0.325. The molecule has 40 heavy (non-hydrogen) atoms. The van der Waals surface area contributed by atoms with Gasteiger partial charge in [0.1, 0.15) is 17.4 Å². The predicted molar refractivity (Wildman–Crippen MR) is 149 cm³/mol. The quantitative estimate of drug-likeness (QED) is 0.525. The predicted octanol–water partition coefficient (Wildman–Crippen LogP) is 2.15. The van der Waals surface area contributed by atoms with E-state index in [9.17, 15) is 14.4 Å². The molecule has 0 radical (unpaired) electrons. The molecule has 0 saturated carbocycles. The van der Waals surface area contributed by atoms with Crippen LogP contribution in [0.5, 0.6) is 11.5 Å². The summed E-state index contributed by atoms with van der Waals surface area (Å²) < 4.78 is 17.0. The Balaban J connectivity index is 1.44. The van der Waals surface area contributed by atoms with Crippen LogP contribution in [0.4, 0.5) is 0 Å². The van der Waals surface area contributed by atoms with Crippen LogP contribution in [0, 0.1) is 6.92 Å². The number of rotatable bonds is 3. The van der Waals surface area contributed by atoms with Crippen LogP contribution in [-0.4, -0.2) is 79.8 Å². The molecule has 1 aromatic heterocycles. The Morgan fingerprint density at radius 1 is 1.12 bits per heavy atom. The number of nitrogens with one attached hydrogen (secondary N) is 3. The Kier molecular flexibility index (Phi) is 10.4. The molecule has 0 spiro atoms. The van der Waals surface area contributed by atoms with Crippen LogP contribution in [0.1, 0.15) is 66.4 Å². The summed E-state index contributed by atoms with van der Waals surface area (Å²) in [5.74, 6) is 1.54. The molecule has 3 aliphatic rings. The van der Waals surface area contributed by atoms with E-state index in [0.29, 0.717) is 93.3 Å². The van der Waals surface area contributed by atoms with E-state index in [1.165, 1.54) is 0 Å². The van der Waals surface area contributed by atoms with E-state index in [1.807, 2.05) is 25.1 Å². The fourth-order valence-electron chi connectivity index (χ4n) is 5.15. The minimum Gasteiger partial charge on any atom is -0.493 e. The fraction of sp³-hybridized carbons (Fsp3) is 0.586. The van der Waals surface area contributed by atoms with Crippen molar-refractivity contribution in [2.45, 2.75) is 70.9 Å². The van der Waals surface area contributed by atoms with Crippen LogP contribution in [0.2, 0.25) is 0 Å². The van der Waals surface area contributed by atoms with Crippen molar-refractivity contribution in [3.05, 3.63) is 40.8 Å². The molecule has 0 aliphatic carbocycles. The second-order valence-corrected chi connectivity index (χ2v) is 10.3. The molecule has 0 unspecified atom stereocenters. The fourth-order valence-corrected chi connectivity index (χ4v) is 5.15. The monoisotopic (exact) mass is 555 g/mol. The number of carbonyl (C=O) groups excluding carboxylic acids is 3. The molecule has 4 heterocycles. The average molecular weight is 556 g/mol. The Labute approximate surface area is 235 Å². The molecule has 218 valence electrons. The van der Waals surface area contributed by atoms with Gasteiger partial charge in [0.25, 0.3) is 5.91 Å². The second-order valence-electron chi connectivity index (χ2n) is 10.3. The Morgan fingerprint density at radius 3 is 2.73 bits per heavy atom. The lowest BCUT2D eigenvalue weighted by Gasteiger charge is -2.23. The van der Waals surface area contributed by atoms with Crippen LogP contribution in [0.3, 0.4) is 0 Å². The van der Waals surface area contributed by atoms with Gasteiger partial charge in [-0.3, -0.25) is 14.4 Å². The maximum Gasteiger partial charge on any atom is 0.259 e. The van der Waals surface area contributed by atoms with Gasteiger partial charge in [-0.25, -0.2) is 0 Å². The van der Waals surface area contributed by atoms with E-state index >= 15 is 0 Å². The largest absolute Gasteiger partial charge is 0.493 e. The van der Waals surface area contributed by atoms with Crippen LogP contribution < -0.4 is 25.4 Å². The van der Waals surface area contributed by atoms with Gasteiger partial charge >= 0.3 is 0 Å². The van der Waals surface area contributed by atoms with Crippen molar-refractivity contribution >= 4 is 17.7 Å². The van der Waals surface area contributed by atoms with Crippen LogP contribution >= 0.6 is 0 Å². The van der Waals surface area contributed by atoms with Crippen molar-refractivity contribution in [1.29, 1.82) is 0 Å². The van der Waals surface area contributed by atoms with E-state index in [1.54, 1.807) is 18.9 Å². The minimum absolute atomic E-state index is 0.0405. The molecule has 11 heteroatoms. The van der Waals surface area contributed by atoms with Gasteiger partial charge in [-0.05, 0) is 56.7 Å². The third-order valence-corrected chi connectivity index (χ3v) is 7.42. The first kappa shape index (κ1) is 29.4. The summed E-state index contributed by atoms with van der Waals surface area (Å²) in [6.45, 7) is 6.26. The molecule has 5 rings (SSSR count). The molecule has 3 N–H and O–H groups in total. The summed E-state index contributed by atoms with van der Waals surface area (Å²) >= 11 is 0. The van der Waals surface area contributed by atoms with Gasteiger partial charge in [0, 0.05) is 45.6 Å². The van der Waals surface area contributed by atoms with Crippen LogP contribution in [0.15, 0.2) is 22.7 Å². The molecular formula is C29H41N5O6. The molecule has 11 nitrogen and oxygen atoms in total. The highest BCUT2D eigenvalue weighted by molar-refractivity contribution is 5.96. The summed E-state index contributed by atoms with van der Waals surface area (Å²) in [6.07, 6.45) is 3.97. The number of hydrogen-bond acceptors (Lipinski definition) is 8. The lowest BCUT2D eigenvalue weighted by atomic mass is 10.1. The lowest BCUT2D eigenvalue weighted by molar-refractivity contribution is -0.123. The topological polar surface area (TPSA) is 135 Å². The maximum absolute atomic E-state index is 13.5. The molecule has 3 amide bonds. The number of aryl methyl sites for hydroxylation is 3. The second kappa shape index (κ2) is 14.2. The van der Waals surface area contributed by atoms with E-state index < -0.39 is 0 Å². The molecule has 1 fully saturated rings. The number of nitrogens with zero attached hydrogens (tertiary/aromatic N) is 2. The van der Waals surface area contributed by atoms with E-state index in [4.69, 9.17) is 14.0 Å². The zero-order valence-corrected chi connectivity index (χ0v) is 23.7. The maximum atomic E-state index is 13.5. The number of ether oxygens (including phenoxy) is 2. The Hall–Kier alpha value is -3.60. The highest BCUT2D eigenvalue weighted by atomic mass is 16.5. The van der Waals surface area contributed by atoms with Crippen molar-refractivity contribution in [2.24, 2.45) is 0 Å². The summed E-state index contributed by atoms with van der Waals surface area (Å²) in [4.78, 5) is 40.5. The first-order valence-electron chi connectivity index (χ1n) is 14.2. The highest BCUT2D eigenvalue weighted by Gasteiger charge is 2.31. The van der Waals surface area contributed by atoms with Crippen LogP contribution in [-0.2, 0) is 22.4 Å². The van der Waals surface area contributed by atoms with Gasteiger partial charge in [-0.2, -0.15) is 0 Å². The van der Waals surface area contributed by atoms with Crippen molar-refractivity contribution in [3.63, 3.8) is 0 Å². The molecular weight excluding hydrogens is 514 g/mol. The summed E-state index contributed by atoms with van der Waals surface area (Å²) in [5.41, 5.74) is 2.14. The summed E-state index contributed by atoms with van der Waals surface area (Å²) in [7, 11) is 1.59.